The van der Waals surface area contributed by atoms with Gasteiger partial charge in [-0.05, 0) is 37.1 Å². The molecule has 0 bridgehead atoms. The third-order valence-corrected chi connectivity index (χ3v) is 2.58. The maximum absolute atomic E-state index is 13.7. The highest BCUT2D eigenvalue weighted by Crippen LogP contribution is 2.22. The molecule has 0 radical (unpaired) electrons. The first-order valence-corrected chi connectivity index (χ1v) is 5.05. The Labute approximate surface area is 96.9 Å². The van der Waals surface area contributed by atoms with Gasteiger partial charge in [0.2, 0.25) is 5.78 Å². The van der Waals surface area contributed by atoms with Crippen LogP contribution in [0.2, 0.25) is 0 Å². The lowest BCUT2D eigenvalue weighted by Gasteiger charge is -2.05. The van der Waals surface area contributed by atoms with Gasteiger partial charge >= 0.3 is 0 Å². The average Bonchev–Trinajstić information content (AvgIpc) is 2.70. The van der Waals surface area contributed by atoms with Crippen LogP contribution in [0.1, 0.15) is 27.2 Å². The fraction of sp³-hybridized carbons (Fsp3) is 0.154. The zero-order chi connectivity index (χ0) is 12.6. The van der Waals surface area contributed by atoms with Gasteiger partial charge in [-0.3, -0.25) is 4.79 Å². The van der Waals surface area contributed by atoms with E-state index in [2.05, 4.69) is 0 Å². The van der Waals surface area contributed by atoms with E-state index in [1.54, 1.807) is 13.0 Å². The van der Waals surface area contributed by atoms with E-state index >= 15 is 0 Å². The second-order valence-corrected chi connectivity index (χ2v) is 3.82. The summed E-state index contributed by atoms with van der Waals surface area (Å²) in [5.74, 6) is -2.53. The third-order valence-electron chi connectivity index (χ3n) is 2.58. The zero-order valence-corrected chi connectivity index (χ0v) is 9.38. The number of hydrogen-bond donors (Lipinski definition) is 0. The molecule has 17 heavy (non-hydrogen) atoms. The molecule has 1 aromatic heterocycles. The molecule has 88 valence electrons. The highest BCUT2D eigenvalue weighted by Gasteiger charge is 2.23. The molecule has 1 aromatic carbocycles. The first-order valence-electron chi connectivity index (χ1n) is 5.05. The summed E-state index contributed by atoms with van der Waals surface area (Å²) in [6, 6.07) is 3.93. The normalized spacial score (nSPS) is 10.6. The minimum absolute atomic E-state index is 0.0339. The summed E-state index contributed by atoms with van der Waals surface area (Å²) in [5.41, 5.74) is 0.206. The fourth-order valence-electron chi connectivity index (χ4n) is 1.58. The second kappa shape index (κ2) is 4.13. The molecule has 2 nitrogen and oxygen atoms in total. The summed E-state index contributed by atoms with van der Waals surface area (Å²) in [6.07, 6.45) is 1.31. The van der Waals surface area contributed by atoms with Crippen molar-refractivity contribution in [3.8, 4) is 0 Å². The summed E-state index contributed by atoms with van der Waals surface area (Å²) in [7, 11) is 0. The number of hydrogen-bond acceptors (Lipinski definition) is 2. The molecule has 0 amide bonds. The quantitative estimate of drug-likeness (QED) is 0.748. The van der Waals surface area contributed by atoms with Crippen LogP contribution in [0.4, 0.5) is 8.78 Å². The van der Waals surface area contributed by atoms with E-state index in [1.165, 1.54) is 19.3 Å². The van der Waals surface area contributed by atoms with Gasteiger partial charge in [0.25, 0.3) is 0 Å². The maximum Gasteiger partial charge on any atom is 0.234 e. The van der Waals surface area contributed by atoms with E-state index in [0.29, 0.717) is 5.56 Å². The molecule has 2 aromatic rings. The Morgan fingerprint density at radius 1 is 1.12 bits per heavy atom. The number of carbonyl (C=O) groups is 1. The number of aryl methyl sites for hydroxylation is 2. The van der Waals surface area contributed by atoms with E-state index < -0.39 is 23.0 Å². The molecule has 0 atom stereocenters. The van der Waals surface area contributed by atoms with E-state index in [0.717, 1.165) is 6.07 Å². The van der Waals surface area contributed by atoms with Gasteiger partial charge in [-0.1, -0.05) is 6.07 Å². The van der Waals surface area contributed by atoms with Gasteiger partial charge in [0.1, 0.15) is 11.6 Å². The molecule has 4 heteroatoms. The molecule has 0 fully saturated rings. The minimum atomic E-state index is -0.881. The van der Waals surface area contributed by atoms with Gasteiger partial charge in [0.05, 0.1) is 11.8 Å². The number of ketones is 1. The second-order valence-electron chi connectivity index (χ2n) is 3.82. The van der Waals surface area contributed by atoms with Crippen LogP contribution in [-0.2, 0) is 0 Å². The standard InChI is InChI=1S/C13H10F2O2/c1-7-3-4-9(14)10(11(7)15)12(16)13-8(2)5-6-17-13/h3-6H,1-2H3. The van der Waals surface area contributed by atoms with Crippen molar-refractivity contribution in [3.63, 3.8) is 0 Å². The number of rotatable bonds is 2. The van der Waals surface area contributed by atoms with Gasteiger partial charge in [-0.15, -0.1) is 0 Å². The molecule has 1 heterocycles. The number of halogens is 2. The monoisotopic (exact) mass is 236 g/mol. The Bertz CT molecular complexity index is 585. The predicted octanol–water partition coefficient (Wildman–Crippen LogP) is 3.41. The largest absolute Gasteiger partial charge is 0.461 e. The summed E-state index contributed by atoms with van der Waals surface area (Å²) < 4.78 is 32.2. The Balaban J connectivity index is 2.59. The van der Waals surface area contributed by atoms with Crippen LogP contribution >= 0.6 is 0 Å². The number of benzene rings is 1. The summed E-state index contributed by atoms with van der Waals surface area (Å²) in [5, 5.41) is 0. The third kappa shape index (κ3) is 1.86. The van der Waals surface area contributed by atoms with Gasteiger partial charge in [0.15, 0.2) is 5.76 Å². The summed E-state index contributed by atoms with van der Waals surface area (Å²) >= 11 is 0. The Morgan fingerprint density at radius 2 is 1.82 bits per heavy atom. The van der Waals surface area contributed by atoms with Gasteiger partial charge < -0.3 is 4.42 Å². The molecule has 0 saturated heterocycles. The predicted molar refractivity (Wildman–Crippen MR) is 58.0 cm³/mol. The molecule has 0 saturated carbocycles. The van der Waals surface area contributed by atoms with Crippen LogP contribution < -0.4 is 0 Å². The van der Waals surface area contributed by atoms with Crippen LogP contribution in [0.25, 0.3) is 0 Å². The minimum Gasteiger partial charge on any atom is -0.461 e. The number of carbonyl (C=O) groups excluding carboxylic acids is 1. The van der Waals surface area contributed by atoms with Crippen molar-refractivity contribution in [2.45, 2.75) is 13.8 Å². The molecular weight excluding hydrogens is 226 g/mol. The Kier molecular flexibility index (Phi) is 2.79. The van der Waals surface area contributed by atoms with Crippen molar-refractivity contribution in [3.05, 3.63) is 58.5 Å². The van der Waals surface area contributed by atoms with Crippen molar-refractivity contribution >= 4 is 5.78 Å². The van der Waals surface area contributed by atoms with Crippen LogP contribution in [-0.4, -0.2) is 5.78 Å². The van der Waals surface area contributed by atoms with Crippen molar-refractivity contribution in [1.82, 2.24) is 0 Å². The molecule has 2 rings (SSSR count). The van der Waals surface area contributed by atoms with E-state index in [1.807, 2.05) is 0 Å². The summed E-state index contributed by atoms with van der Waals surface area (Å²) in [6.45, 7) is 3.11. The van der Waals surface area contributed by atoms with Crippen LogP contribution in [0, 0.1) is 25.5 Å². The van der Waals surface area contributed by atoms with Crippen molar-refractivity contribution in [2.24, 2.45) is 0 Å². The topological polar surface area (TPSA) is 30.2 Å². The highest BCUT2D eigenvalue weighted by molar-refractivity contribution is 6.08. The molecule has 0 aliphatic heterocycles. The number of furan rings is 1. The first-order chi connectivity index (χ1) is 8.02. The van der Waals surface area contributed by atoms with Crippen LogP contribution in [0.15, 0.2) is 28.9 Å². The zero-order valence-electron chi connectivity index (χ0n) is 9.38. The van der Waals surface area contributed by atoms with Crippen molar-refractivity contribution in [1.29, 1.82) is 0 Å². The summed E-state index contributed by atoms with van der Waals surface area (Å²) in [4.78, 5) is 11.9. The Hall–Kier alpha value is -1.97. The van der Waals surface area contributed by atoms with Crippen molar-refractivity contribution in [2.75, 3.05) is 0 Å². The maximum atomic E-state index is 13.7. The lowest BCUT2D eigenvalue weighted by molar-refractivity contribution is 0.1000. The molecule has 0 unspecified atom stereocenters. The highest BCUT2D eigenvalue weighted by atomic mass is 19.1. The molecule has 0 N–H and O–H groups in total. The van der Waals surface area contributed by atoms with Crippen molar-refractivity contribution < 1.29 is 18.0 Å². The molecule has 0 aliphatic carbocycles. The smallest absolute Gasteiger partial charge is 0.234 e. The molecule has 0 aliphatic rings. The lowest BCUT2D eigenvalue weighted by Crippen LogP contribution is -2.09. The van der Waals surface area contributed by atoms with Gasteiger partial charge in [-0.2, -0.15) is 0 Å². The van der Waals surface area contributed by atoms with Crippen LogP contribution in [0.3, 0.4) is 0 Å². The van der Waals surface area contributed by atoms with Crippen LogP contribution in [0.5, 0.6) is 0 Å². The Morgan fingerprint density at radius 3 is 2.41 bits per heavy atom. The average molecular weight is 236 g/mol. The van der Waals surface area contributed by atoms with E-state index in [9.17, 15) is 13.6 Å². The molecular formula is C13H10F2O2. The first kappa shape index (κ1) is 11.5. The SMILES string of the molecule is Cc1ccoc1C(=O)c1c(F)ccc(C)c1F. The fourth-order valence-corrected chi connectivity index (χ4v) is 1.58. The van der Waals surface area contributed by atoms with E-state index in [-0.39, 0.29) is 11.3 Å². The van der Waals surface area contributed by atoms with Gasteiger partial charge in [-0.25, -0.2) is 8.78 Å². The molecule has 0 spiro atoms. The van der Waals surface area contributed by atoms with E-state index in [4.69, 9.17) is 4.42 Å². The van der Waals surface area contributed by atoms with Gasteiger partial charge in [0, 0.05) is 0 Å². The lowest BCUT2D eigenvalue weighted by atomic mass is 10.0.